The van der Waals surface area contributed by atoms with Gasteiger partial charge in [-0.25, -0.2) is 4.39 Å². The van der Waals surface area contributed by atoms with Crippen molar-refractivity contribution in [1.82, 2.24) is 10.3 Å². The van der Waals surface area contributed by atoms with Crippen LogP contribution >= 0.6 is 11.6 Å². The van der Waals surface area contributed by atoms with E-state index in [9.17, 15) is 14.3 Å². The molecule has 0 aliphatic carbocycles. The third-order valence-corrected chi connectivity index (χ3v) is 5.53. The van der Waals surface area contributed by atoms with Crippen LogP contribution in [0.1, 0.15) is 16.7 Å². The van der Waals surface area contributed by atoms with Gasteiger partial charge in [-0.1, -0.05) is 48.0 Å². The number of ether oxygens (including phenoxy) is 1. The second kappa shape index (κ2) is 9.85. The topological polar surface area (TPSA) is 74.3 Å². The lowest BCUT2D eigenvalue weighted by molar-refractivity contribution is -0.139. The third kappa shape index (κ3) is 5.10. The maximum atomic E-state index is 13.9. The monoisotopic (exact) mass is 452 g/mol. The molecule has 1 aromatic heterocycles. The first-order valence-electron chi connectivity index (χ1n) is 10.2. The van der Waals surface area contributed by atoms with Gasteiger partial charge in [0, 0.05) is 46.2 Å². The van der Waals surface area contributed by atoms with E-state index in [1.807, 2.05) is 30.5 Å². The van der Waals surface area contributed by atoms with Gasteiger partial charge < -0.3 is 14.8 Å². The van der Waals surface area contributed by atoms with Crippen LogP contribution in [0.4, 0.5) is 4.39 Å². The van der Waals surface area contributed by atoms with Crippen molar-refractivity contribution in [2.45, 2.75) is 25.6 Å². The quantitative estimate of drug-likeness (QED) is 0.321. The molecule has 164 valence electrons. The van der Waals surface area contributed by atoms with E-state index in [0.29, 0.717) is 28.3 Å². The van der Waals surface area contributed by atoms with Crippen molar-refractivity contribution in [3.8, 4) is 5.75 Å². The van der Waals surface area contributed by atoms with Crippen LogP contribution in [0.15, 0.2) is 72.9 Å². The highest BCUT2D eigenvalue weighted by Crippen LogP contribution is 2.25. The van der Waals surface area contributed by atoms with Crippen LogP contribution in [0.3, 0.4) is 0 Å². The molecule has 0 saturated heterocycles. The number of carbonyl (C=O) groups is 1. The van der Waals surface area contributed by atoms with Crippen LogP contribution in [0.25, 0.3) is 10.9 Å². The number of carboxylic acids is 1. The van der Waals surface area contributed by atoms with Crippen LogP contribution in [-0.4, -0.2) is 22.1 Å². The molecule has 0 saturated carbocycles. The summed E-state index contributed by atoms with van der Waals surface area (Å²) in [5.41, 5.74) is 3.01. The summed E-state index contributed by atoms with van der Waals surface area (Å²) in [6, 6.07) is 18.5. The van der Waals surface area contributed by atoms with Crippen molar-refractivity contribution in [3.63, 3.8) is 0 Å². The summed E-state index contributed by atoms with van der Waals surface area (Å²) in [5, 5.41) is 14.3. The Labute approximate surface area is 189 Å². The number of benzene rings is 3. The van der Waals surface area contributed by atoms with Crippen molar-refractivity contribution < 1.29 is 19.0 Å². The molecule has 3 aromatic carbocycles. The lowest BCUT2D eigenvalue weighted by Crippen LogP contribution is -2.38. The van der Waals surface area contributed by atoms with Crippen molar-refractivity contribution in [3.05, 3.63) is 100 Å². The predicted octanol–water partition coefficient (Wildman–Crippen LogP) is 5.32. The minimum absolute atomic E-state index is 0.0546. The number of rotatable bonds is 9. The fraction of sp³-hybridized carbons (Fsp3) is 0.160. The standard InChI is InChI=1S/C25H22ClFN2O3/c26-19-9-10-24(32-15-16-5-1-3-7-21(16)27)18(11-19)14-29-23(25(30)31)12-17-13-28-22-8-4-2-6-20(17)22/h1-11,13,23,28-29H,12,14-15H2,(H,30,31)/t23-/m1/s1. The molecular formula is C25H22ClFN2O3. The largest absolute Gasteiger partial charge is 0.488 e. The van der Waals surface area contributed by atoms with Crippen LogP contribution < -0.4 is 10.1 Å². The summed E-state index contributed by atoms with van der Waals surface area (Å²) in [6.45, 7) is 0.283. The summed E-state index contributed by atoms with van der Waals surface area (Å²) < 4.78 is 19.7. The highest BCUT2D eigenvalue weighted by Gasteiger charge is 2.20. The van der Waals surface area contributed by atoms with Crippen LogP contribution in [-0.2, 0) is 24.4 Å². The first-order chi connectivity index (χ1) is 15.5. The Morgan fingerprint density at radius 2 is 1.84 bits per heavy atom. The number of para-hydroxylation sites is 1. The van der Waals surface area contributed by atoms with E-state index in [-0.39, 0.29) is 19.0 Å². The summed E-state index contributed by atoms with van der Waals surface area (Å²) in [7, 11) is 0. The highest BCUT2D eigenvalue weighted by molar-refractivity contribution is 6.30. The first-order valence-corrected chi connectivity index (χ1v) is 10.5. The van der Waals surface area contributed by atoms with Gasteiger partial charge >= 0.3 is 5.97 Å². The number of halogens is 2. The minimum Gasteiger partial charge on any atom is -0.488 e. The molecule has 0 unspecified atom stereocenters. The SMILES string of the molecule is O=C(O)[C@@H](Cc1c[nH]c2ccccc12)NCc1cc(Cl)ccc1OCc1ccccc1F. The minimum atomic E-state index is -0.953. The number of hydrogen-bond donors (Lipinski definition) is 3. The maximum Gasteiger partial charge on any atom is 0.321 e. The van der Waals surface area contributed by atoms with Crippen molar-refractivity contribution in [2.75, 3.05) is 0 Å². The van der Waals surface area contributed by atoms with E-state index in [1.54, 1.807) is 36.4 Å². The third-order valence-electron chi connectivity index (χ3n) is 5.30. The fourth-order valence-electron chi connectivity index (χ4n) is 3.60. The van der Waals surface area contributed by atoms with E-state index < -0.39 is 12.0 Å². The van der Waals surface area contributed by atoms with Crippen molar-refractivity contribution in [1.29, 1.82) is 0 Å². The molecule has 3 N–H and O–H groups in total. The van der Waals surface area contributed by atoms with Gasteiger partial charge in [0.05, 0.1) is 0 Å². The van der Waals surface area contributed by atoms with Crippen LogP contribution in [0.2, 0.25) is 5.02 Å². The van der Waals surface area contributed by atoms with Gasteiger partial charge in [-0.05, 0) is 35.9 Å². The molecule has 1 heterocycles. The van der Waals surface area contributed by atoms with Gasteiger partial charge in [-0.3, -0.25) is 10.1 Å². The van der Waals surface area contributed by atoms with Gasteiger partial charge in [0.2, 0.25) is 0 Å². The van der Waals surface area contributed by atoms with Gasteiger partial charge in [0.25, 0.3) is 0 Å². The summed E-state index contributed by atoms with van der Waals surface area (Å²) >= 11 is 6.15. The second-order valence-electron chi connectivity index (χ2n) is 7.47. The van der Waals surface area contributed by atoms with E-state index >= 15 is 0 Å². The molecule has 4 rings (SSSR count). The fourth-order valence-corrected chi connectivity index (χ4v) is 3.79. The Morgan fingerprint density at radius 1 is 1.06 bits per heavy atom. The summed E-state index contributed by atoms with van der Waals surface area (Å²) in [6.07, 6.45) is 2.15. The highest BCUT2D eigenvalue weighted by atomic mass is 35.5. The van der Waals surface area contributed by atoms with Crippen molar-refractivity contribution in [2.24, 2.45) is 0 Å². The number of hydrogen-bond acceptors (Lipinski definition) is 3. The summed E-state index contributed by atoms with van der Waals surface area (Å²) in [4.78, 5) is 15.1. The molecule has 0 bridgehead atoms. The van der Waals surface area contributed by atoms with Gasteiger partial charge in [-0.15, -0.1) is 0 Å². The Bertz CT molecular complexity index is 1240. The molecule has 0 radical (unpaired) electrons. The predicted molar refractivity (Wildman–Crippen MR) is 122 cm³/mol. The van der Waals surface area contributed by atoms with Crippen LogP contribution in [0, 0.1) is 5.82 Å². The zero-order chi connectivity index (χ0) is 22.5. The van der Waals surface area contributed by atoms with E-state index in [0.717, 1.165) is 16.5 Å². The van der Waals surface area contributed by atoms with E-state index in [1.165, 1.54) is 6.07 Å². The number of fused-ring (bicyclic) bond motifs is 1. The Morgan fingerprint density at radius 3 is 2.66 bits per heavy atom. The Kier molecular flexibility index (Phi) is 6.73. The zero-order valence-electron chi connectivity index (χ0n) is 17.1. The molecule has 0 aliphatic rings. The molecule has 5 nitrogen and oxygen atoms in total. The molecule has 1 atom stereocenters. The lowest BCUT2D eigenvalue weighted by Gasteiger charge is -2.17. The number of carboxylic acid groups (broad SMARTS) is 1. The summed E-state index contributed by atoms with van der Waals surface area (Å²) in [5.74, 6) is -0.779. The molecule has 0 amide bonds. The first kappa shape index (κ1) is 21.9. The molecule has 7 heteroatoms. The number of aromatic nitrogens is 1. The van der Waals surface area contributed by atoms with Gasteiger partial charge in [0.15, 0.2) is 0 Å². The Hall–Kier alpha value is -3.35. The number of H-pyrrole nitrogens is 1. The number of aliphatic carboxylic acids is 1. The average molecular weight is 453 g/mol. The van der Waals surface area contributed by atoms with Crippen molar-refractivity contribution >= 4 is 28.5 Å². The molecule has 4 aromatic rings. The Balaban J connectivity index is 1.48. The number of aromatic amines is 1. The average Bonchev–Trinajstić information content (AvgIpc) is 3.19. The van der Waals surface area contributed by atoms with Gasteiger partial charge in [0.1, 0.15) is 24.2 Å². The van der Waals surface area contributed by atoms with Gasteiger partial charge in [-0.2, -0.15) is 0 Å². The maximum absolute atomic E-state index is 13.9. The molecule has 0 aliphatic heterocycles. The van der Waals surface area contributed by atoms with E-state index in [2.05, 4.69) is 10.3 Å². The lowest BCUT2D eigenvalue weighted by atomic mass is 10.0. The van der Waals surface area contributed by atoms with E-state index in [4.69, 9.17) is 16.3 Å². The zero-order valence-corrected chi connectivity index (χ0v) is 17.9. The second-order valence-corrected chi connectivity index (χ2v) is 7.90. The molecule has 0 spiro atoms. The molecule has 0 fully saturated rings. The normalized spacial score (nSPS) is 12.1. The molecular weight excluding hydrogens is 431 g/mol. The smallest absolute Gasteiger partial charge is 0.321 e. The van der Waals surface area contributed by atoms with Crippen LogP contribution in [0.5, 0.6) is 5.75 Å². The number of nitrogens with one attached hydrogen (secondary N) is 2. The molecule has 32 heavy (non-hydrogen) atoms.